The molecule has 168 valence electrons. The van der Waals surface area contributed by atoms with Crippen LogP contribution >= 0.6 is 0 Å². The van der Waals surface area contributed by atoms with Crippen molar-refractivity contribution in [3.63, 3.8) is 0 Å². The van der Waals surface area contributed by atoms with E-state index in [0.717, 1.165) is 28.1 Å². The molecule has 1 unspecified atom stereocenters. The van der Waals surface area contributed by atoms with E-state index in [4.69, 9.17) is 0 Å². The monoisotopic (exact) mass is 447 g/mol. The quantitative estimate of drug-likeness (QED) is 0.354. The fourth-order valence-corrected chi connectivity index (χ4v) is 3.40. The largest absolute Gasteiger partial charge is 0.294 e. The van der Waals surface area contributed by atoms with E-state index in [1.807, 2.05) is 68.4 Å². The van der Waals surface area contributed by atoms with E-state index in [2.05, 4.69) is 16.0 Å². The molecule has 4 aromatic rings. The van der Waals surface area contributed by atoms with Gasteiger partial charge in [0, 0.05) is 41.3 Å². The number of aromatic nitrogens is 2. The molecular formula is C29H25N3O2. The summed E-state index contributed by atoms with van der Waals surface area (Å²) in [5, 5.41) is 9.19. The minimum atomic E-state index is -0.756. The topological polar surface area (TPSA) is 83.7 Å². The van der Waals surface area contributed by atoms with E-state index in [1.54, 1.807) is 42.7 Å². The second-order valence-corrected chi connectivity index (χ2v) is 7.79. The van der Waals surface area contributed by atoms with Gasteiger partial charge in [0.2, 0.25) is 0 Å². The van der Waals surface area contributed by atoms with Crippen molar-refractivity contribution in [2.24, 2.45) is 0 Å². The molecule has 0 aliphatic heterocycles. The number of carbonyl (C=O) groups excluding carboxylic acids is 2. The molecule has 0 saturated carbocycles. The van der Waals surface area contributed by atoms with E-state index in [1.165, 1.54) is 0 Å². The third-order valence-electron chi connectivity index (χ3n) is 5.13. The van der Waals surface area contributed by atoms with Crippen molar-refractivity contribution in [3.05, 3.63) is 131 Å². The molecule has 1 atom stereocenters. The Morgan fingerprint density at radius 3 is 1.88 bits per heavy atom. The van der Waals surface area contributed by atoms with Crippen LogP contribution in [0.15, 0.2) is 97.3 Å². The Hall–Kier alpha value is -4.43. The maximum atomic E-state index is 12.3. The maximum Gasteiger partial charge on any atom is 0.184 e. The van der Waals surface area contributed by atoms with Crippen molar-refractivity contribution in [2.75, 3.05) is 0 Å². The van der Waals surface area contributed by atoms with Gasteiger partial charge in [0.05, 0.1) is 6.07 Å². The van der Waals surface area contributed by atoms with Crippen molar-refractivity contribution in [1.82, 2.24) is 9.97 Å². The Morgan fingerprint density at radius 1 is 0.794 bits per heavy atom. The summed E-state index contributed by atoms with van der Waals surface area (Å²) in [6, 6.07) is 27.9. The van der Waals surface area contributed by atoms with Crippen molar-refractivity contribution in [1.29, 1.82) is 5.26 Å². The highest BCUT2D eigenvalue weighted by Gasteiger charge is 2.21. The van der Waals surface area contributed by atoms with Crippen LogP contribution in [0.2, 0.25) is 0 Å². The smallest absolute Gasteiger partial charge is 0.184 e. The molecule has 5 heteroatoms. The van der Waals surface area contributed by atoms with Gasteiger partial charge < -0.3 is 0 Å². The number of nitriles is 1. The number of pyridine rings is 2. The first-order chi connectivity index (χ1) is 16.5. The fourth-order valence-electron chi connectivity index (χ4n) is 3.40. The van der Waals surface area contributed by atoms with E-state index < -0.39 is 5.92 Å². The number of hydrogen-bond acceptors (Lipinski definition) is 5. The van der Waals surface area contributed by atoms with E-state index in [0.29, 0.717) is 12.0 Å². The van der Waals surface area contributed by atoms with Crippen LogP contribution in [0.5, 0.6) is 0 Å². The summed E-state index contributed by atoms with van der Waals surface area (Å²) in [7, 11) is 0. The average Bonchev–Trinajstić information content (AvgIpc) is 2.86. The van der Waals surface area contributed by atoms with Gasteiger partial charge in [0.1, 0.15) is 5.92 Å². The average molecular weight is 448 g/mol. The van der Waals surface area contributed by atoms with Crippen LogP contribution in [0, 0.1) is 25.2 Å². The van der Waals surface area contributed by atoms with Crippen LogP contribution in [0.25, 0.3) is 0 Å². The summed E-state index contributed by atoms with van der Waals surface area (Å²) in [4.78, 5) is 32.3. The second-order valence-electron chi connectivity index (χ2n) is 7.79. The third-order valence-corrected chi connectivity index (χ3v) is 5.13. The molecule has 4 rings (SSSR count). The highest BCUT2D eigenvalue weighted by atomic mass is 16.1. The van der Waals surface area contributed by atoms with Crippen LogP contribution in [-0.4, -0.2) is 21.5 Å². The molecule has 0 bridgehead atoms. The number of Topliss-reactive ketones (excluding diaryl/α,β-unsaturated/α-hetero) is 2. The number of hydrogen-bond donors (Lipinski definition) is 0. The Balaban J connectivity index is 0.000000192. The van der Waals surface area contributed by atoms with Crippen molar-refractivity contribution < 1.29 is 9.59 Å². The standard InChI is InChI=1S/C15H12N2O.C14H13NO/c1-11-9-13(7-8-17-11)15(18)14(10-16)12-5-3-2-4-6-12;1-11-9-13(7-8-15-11)14(16)10-12-5-3-2-4-6-12/h2-9,14H,1H3;2-9H,10H2,1H3. The molecule has 0 fully saturated rings. The fraction of sp³-hybridized carbons (Fsp3) is 0.138. The molecule has 0 amide bonds. The lowest BCUT2D eigenvalue weighted by Gasteiger charge is -2.08. The molecule has 0 saturated heterocycles. The molecule has 0 N–H and O–H groups in total. The molecule has 5 nitrogen and oxygen atoms in total. The van der Waals surface area contributed by atoms with Crippen molar-refractivity contribution in [2.45, 2.75) is 26.2 Å². The van der Waals surface area contributed by atoms with Gasteiger partial charge in [0.25, 0.3) is 0 Å². The van der Waals surface area contributed by atoms with Gasteiger partial charge in [-0.1, -0.05) is 60.7 Å². The Labute approximate surface area is 199 Å². The highest BCUT2D eigenvalue weighted by molar-refractivity contribution is 6.02. The summed E-state index contributed by atoms with van der Waals surface area (Å²) in [6.07, 6.45) is 3.71. The number of aryl methyl sites for hydroxylation is 2. The summed E-state index contributed by atoms with van der Waals surface area (Å²) < 4.78 is 0. The normalized spacial score (nSPS) is 10.9. The summed E-state index contributed by atoms with van der Waals surface area (Å²) in [5.74, 6) is -0.807. The van der Waals surface area contributed by atoms with Gasteiger partial charge in [-0.2, -0.15) is 5.26 Å². The predicted molar refractivity (Wildman–Crippen MR) is 132 cm³/mol. The lowest BCUT2D eigenvalue weighted by atomic mass is 9.92. The number of rotatable bonds is 6. The Bertz CT molecular complexity index is 1300. The Morgan fingerprint density at radius 2 is 1.32 bits per heavy atom. The van der Waals surface area contributed by atoms with Crippen LogP contribution in [-0.2, 0) is 6.42 Å². The van der Waals surface area contributed by atoms with Crippen LogP contribution < -0.4 is 0 Å². The maximum absolute atomic E-state index is 12.3. The number of ketones is 2. The first-order valence-electron chi connectivity index (χ1n) is 10.9. The van der Waals surface area contributed by atoms with E-state index in [-0.39, 0.29) is 11.6 Å². The van der Waals surface area contributed by atoms with Crippen LogP contribution in [0.3, 0.4) is 0 Å². The van der Waals surface area contributed by atoms with Gasteiger partial charge in [0.15, 0.2) is 11.6 Å². The SMILES string of the molecule is Cc1cc(C(=O)C(C#N)c2ccccc2)ccn1.Cc1cc(C(=O)Cc2ccccc2)ccn1. The molecule has 0 spiro atoms. The number of benzene rings is 2. The molecule has 2 aromatic carbocycles. The van der Waals surface area contributed by atoms with Gasteiger partial charge in [-0.3, -0.25) is 19.6 Å². The minimum Gasteiger partial charge on any atom is -0.294 e. The number of carbonyl (C=O) groups is 2. The molecule has 0 aliphatic rings. The summed E-state index contributed by atoms with van der Waals surface area (Å²) >= 11 is 0. The van der Waals surface area contributed by atoms with Gasteiger partial charge in [-0.05, 0) is 49.2 Å². The number of nitrogens with zero attached hydrogens (tertiary/aromatic N) is 3. The first kappa shape index (κ1) is 24.2. The lowest BCUT2D eigenvalue weighted by molar-refractivity contribution is 0.0975. The zero-order valence-electron chi connectivity index (χ0n) is 19.2. The zero-order valence-corrected chi connectivity index (χ0v) is 19.2. The molecule has 34 heavy (non-hydrogen) atoms. The molecule has 0 aliphatic carbocycles. The van der Waals surface area contributed by atoms with E-state index >= 15 is 0 Å². The summed E-state index contributed by atoms with van der Waals surface area (Å²) in [5.41, 5.74) is 4.67. The third kappa shape index (κ3) is 6.78. The van der Waals surface area contributed by atoms with Crippen molar-refractivity contribution in [3.8, 4) is 6.07 Å². The van der Waals surface area contributed by atoms with Gasteiger partial charge in [-0.25, -0.2) is 0 Å². The first-order valence-corrected chi connectivity index (χ1v) is 10.9. The molecule has 2 heterocycles. The predicted octanol–water partition coefficient (Wildman–Crippen LogP) is 5.70. The highest BCUT2D eigenvalue weighted by Crippen LogP contribution is 2.20. The zero-order chi connectivity index (χ0) is 24.3. The molecule has 0 radical (unpaired) electrons. The Kier molecular flexibility index (Phi) is 8.54. The lowest BCUT2D eigenvalue weighted by Crippen LogP contribution is -2.11. The van der Waals surface area contributed by atoms with Crippen LogP contribution in [0.1, 0.15) is 49.1 Å². The van der Waals surface area contributed by atoms with Crippen LogP contribution in [0.4, 0.5) is 0 Å². The molecule has 2 aromatic heterocycles. The minimum absolute atomic E-state index is 0.136. The van der Waals surface area contributed by atoms with Gasteiger partial charge in [-0.15, -0.1) is 0 Å². The van der Waals surface area contributed by atoms with E-state index in [9.17, 15) is 14.9 Å². The van der Waals surface area contributed by atoms with Crippen molar-refractivity contribution >= 4 is 11.6 Å². The van der Waals surface area contributed by atoms with Gasteiger partial charge >= 0.3 is 0 Å². The second kappa shape index (κ2) is 12.0. The summed E-state index contributed by atoms with van der Waals surface area (Å²) in [6.45, 7) is 3.71. The molecular weight excluding hydrogens is 422 g/mol.